The highest BCUT2D eigenvalue weighted by atomic mass is 35.5. The number of benzene rings is 2. The maximum absolute atomic E-state index is 12.7. The summed E-state index contributed by atoms with van der Waals surface area (Å²) in [6.07, 6.45) is 2.74. The van der Waals surface area contributed by atoms with E-state index in [1.54, 1.807) is 35.9 Å². The smallest absolute Gasteiger partial charge is 0.335 e. The van der Waals surface area contributed by atoms with Crippen LogP contribution in [0.1, 0.15) is 33.6 Å². The number of pyridine rings is 1. The lowest BCUT2D eigenvalue weighted by molar-refractivity contribution is 0.0697. The topological polar surface area (TPSA) is 68.5 Å². The summed E-state index contributed by atoms with van der Waals surface area (Å²) in [5.41, 5.74) is 2.72. The van der Waals surface area contributed by atoms with Crippen molar-refractivity contribution in [2.24, 2.45) is 0 Å². The van der Waals surface area contributed by atoms with Crippen molar-refractivity contribution in [3.05, 3.63) is 97.4 Å². The summed E-state index contributed by atoms with van der Waals surface area (Å²) < 4.78 is 7.03. The van der Waals surface area contributed by atoms with Crippen LogP contribution in [-0.2, 0) is 25.8 Å². The highest BCUT2D eigenvalue weighted by Crippen LogP contribution is 2.23. The van der Waals surface area contributed by atoms with Gasteiger partial charge in [-0.15, -0.1) is 0 Å². The van der Waals surface area contributed by atoms with Gasteiger partial charge in [0.2, 0.25) is 0 Å². The molecule has 0 bridgehead atoms. The van der Waals surface area contributed by atoms with E-state index in [-0.39, 0.29) is 16.1 Å². The zero-order valence-electron chi connectivity index (χ0n) is 17.1. The summed E-state index contributed by atoms with van der Waals surface area (Å²) in [5.74, 6) is -0.131. The molecular formula is C24H23Cl2NO4. The second-order valence-corrected chi connectivity index (χ2v) is 7.98. The number of carboxylic acids is 1. The SMILES string of the molecule is COc1ccccc1CCCc1c(Cl)cc(Cl)c(=O)n1CCc1ccc(C(=O)O)cc1. The van der Waals surface area contributed by atoms with E-state index in [0.29, 0.717) is 24.4 Å². The summed E-state index contributed by atoms with van der Waals surface area (Å²) in [5, 5.41) is 9.58. The molecule has 0 amide bonds. The molecule has 2 aromatic carbocycles. The van der Waals surface area contributed by atoms with E-state index in [4.69, 9.17) is 33.0 Å². The number of ether oxygens (including phenoxy) is 1. The number of nitrogens with zero attached hydrogens (tertiary/aromatic N) is 1. The number of carbonyl (C=O) groups is 1. The Morgan fingerprint density at radius 3 is 2.39 bits per heavy atom. The average molecular weight is 460 g/mol. The molecule has 0 radical (unpaired) electrons. The normalized spacial score (nSPS) is 10.8. The van der Waals surface area contributed by atoms with Crippen LogP contribution in [-0.4, -0.2) is 22.8 Å². The first-order valence-corrected chi connectivity index (χ1v) is 10.7. The van der Waals surface area contributed by atoms with Crippen LogP contribution in [0.4, 0.5) is 0 Å². The van der Waals surface area contributed by atoms with Crippen molar-refractivity contribution in [3.8, 4) is 5.75 Å². The molecule has 162 valence electrons. The van der Waals surface area contributed by atoms with Crippen molar-refractivity contribution in [2.75, 3.05) is 7.11 Å². The van der Waals surface area contributed by atoms with Crippen LogP contribution in [0, 0.1) is 0 Å². The lowest BCUT2D eigenvalue weighted by Gasteiger charge is -2.16. The lowest BCUT2D eigenvalue weighted by Crippen LogP contribution is -2.25. The second kappa shape index (κ2) is 10.5. The summed E-state index contributed by atoms with van der Waals surface area (Å²) in [7, 11) is 1.65. The van der Waals surface area contributed by atoms with Crippen LogP contribution >= 0.6 is 23.2 Å². The lowest BCUT2D eigenvalue weighted by atomic mass is 10.0. The van der Waals surface area contributed by atoms with Gasteiger partial charge in [-0.1, -0.05) is 53.5 Å². The molecule has 3 rings (SSSR count). The number of methoxy groups -OCH3 is 1. The minimum atomic E-state index is -0.971. The third-order valence-corrected chi connectivity index (χ3v) is 5.78. The molecule has 0 spiro atoms. The molecule has 0 atom stereocenters. The number of carboxylic acid groups (broad SMARTS) is 1. The van der Waals surface area contributed by atoms with E-state index in [9.17, 15) is 9.59 Å². The van der Waals surface area contributed by atoms with E-state index in [0.717, 1.165) is 35.4 Å². The molecule has 31 heavy (non-hydrogen) atoms. The molecular weight excluding hydrogens is 437 g/mol. The highest BCUT2D eigenvalue weighted by molar-refractivity contribution is 6.34. The zero-order chi connectivity index (χ0) is 22.4. The molecule has 0 saturated carbocycles. The average Bonchev–Trinajstić information content (AvgIpc) is 2.77. The number of hydrogen-bond donors (Lipinski definition) is 1. The molecule has 0 fully saturated rings. The van der Waals surface area contributed by atoms with Gasteiger partial charge in [-0.2, -0.15) is 0 Å². The quantitative estimate of drug-likeness (QED) is 0.472. The van der Waals surface area contributed by atoms with Crippen LogP contribution < -0.4 is 10.3 Å². The van der Waals surface area contributed by atoms with Gasteiger partial charge in [0.05, 0.1) is 17.7 Å². The fraction of sp³-hybridized carbons (Fsp3) is 0.250. The van der Waals surface area contributed by atoms with Crippen molar-refractivity contribution in [1.29, 1.82) is 0 Å². The Hall–Kier alpha value is -2.76. The van der Waals surface area contributed by atoms with Crippen molar-refractivity contribution in [1.82, 2.24) is 4.57 Å². The number of aromatic nitrogens is 1. The molecule has 1 aromatic heterocycles. The van der Waals surface area contributed by atoms with Crippen molar-refractivity contribution in [3.63, 3.8) is 0 Å². The number of rotatable bonds is 9. The Balaban J connectivity index is 1.76. The molecule has 1 heterocycles. The standard InChI is InChI=1S/C24H23Cl2NO4/c1-31-22-8-3-2-5-17(22)6-4-7-21-19(25)15-20(26)23(28)27(21)14-13-16-9-11-18(12-10-16)24(29)30/h2-3,5,8-12,15H,4,6-7,13-14H2,1H3,(H,29,30). The van der Waals surface area contributed by atoms with Crippen molar-refractivity contribution < 1.29 is 14.6 Å². The van der Waals surface area contributed by atoms with E-state index in [2.05, 4.69) is 0 Å². The van der Waals surface area contributed by atoms with Gasteiger partial charge in [0, 0.05) is 12.2 Å². The minimum Gasteiger partial charge on any atom is -0.496 e. The summed E-state index contributed by atoms with van der Waals surface area (Å²) in [6, 6.07) is 16.0. The van der Waals surface area contributed by atoms with Crippen LogP contribution in [0.25, 0.3) is 0 Å². The van der Waals surface area contributed by atoms with Crippen LogP contribution in [0.15, 0.2) is 59.4 Å². The maximum atomic E-state index is 12.7. The third-order valence-electron chi connectivity index (χ3n) is 5.18. The fourth-order valence-electron chi connectivity index (χ4n) is 3.54. The molecule has 7 heteroatoms. The first-order valence-electron chi connectivity index (χ1n) is 9.92. The van der Waals surface area contributed by atoms with E-state index in [1.807, 2.05) is 24.3 Å². The largest absolute Gasteiger partial charge is 0.496 e. The maximum Gasteiger partial charge on any atom is 0.335 e. The van der Waals surface area contributed by atoms with Gasteiger partial charge in [-0.05, 0) is 61.1 Å². The number of hydrogen-bond acceptors (Lipinski definition) is 3. The van der Waals surface area contributed by atoms with E-state index in [1.165, 1.54) is 6.07 Å². The van der Waals surface area contributed by atoms with Gasteiger partial charge in [0.25, 0.3) is 5.56 Å². The van der Waals surface area contributed by atoms with Gasteiger partial charge in [0.15, 0.2) is 0 Å². The van der Waals surface area contributed by atoms with E-state index < -0.39 is 5.97 Å². The number of halogens is 2. The molecule has 0 aliphatic carbocycles. The molecule has 0 saturated heterocycles. The minimum absolute atomic E-state index is 0.0831. The monoisotopic (exact) mass is 459 g/mol. The van der Waals surface area contributed by atoms with Crippen LogP contribution in [0.2, 0.25) is 10.0 Å². The number of para-hydroxylation sites is 1. The Morgan fingerprint density at radius 1 is 1.00 bits per heavy atom. The predicted octanol–water partition coefficient (Wildman–Crippen LogP) is 5.28. The molecule has 3 aromatic rings. The summed E-state index contributed by atoms with van der Waals surface area (Å²) in [6.45, 7) is 0.398. The Kier molecular flexibility index (Phi) is 7.77. The first-order chi connectivity index (χ1) is 14.9. The van der Waals surface area contributed by atoms with Gasteiger partial charge in [0.1, 0.15) is 10.8 Å². The molecule has 5 nitrogen and oxygen atoms in total. The van der Waals surface area contributed by atoms with Gasteiger partial charge in [-0.25, -0.2) is 4.79 Å². The molecule has 0 aliphatic rings. The molecule has 0 aliphatic heterocycles. The van der Waals surface area contributed by atoms with Gasteiger partial charge in [-0.3, -0.25) is 4.79 Å². The zero-order valence-corrected chi connectivity index (χ0v) is 18.6. The van der Waals surface area contributed by atoms with Crippen molar-refractivity contribution >= 4 is 29.2 Å². The highest BCUT2D eigenvalue weighted by Gasteiger charge is 2.14. The first kappa shape index (κ1) is 22.9. The van der Waals surface area contributed by atoms with E-state index >= 15 is 0 Å². The Morgan fingerprint density at radius 2 is 1.71 bits per heavy atom. The molecule has 1 N–H and O–H groups in total. The fourth-order valence-corrected chi connectivity index (χ4v) is 4.11. The summed E-state index contributed by atoms with van der Waals surface area (Å²) in [4.78, 5) is 23.7. The predicted molar refractivity (Wildman–Crippen MR) is 123 cm³/mol. The third kappa shape index (κ3) is 5.69. The summed E-state index contributed by atoms with van der Waals surface area (Å²) >= 11 is 12.5. The Labute approximate surface area is 190 Å². The number of aromatic carboxylic acids is 1. The Bertz CT molecular complexity index is 1120. The van der Waals surface area contributed by atoms with Gasteiger partial charge >= 0.3 is 5.97 Å². The number of aryl methyl sites for hydroxylation is 2. The van der Waals surface area contributed by atoms with Gasteiger partial charge < -0.3 is 14.4 Å². The molecule has 0 unspecified atom stereocenters. The van der Waals surface area contributed by atoms with Crippen LogP contribution in [0.5, 0.6) is 5.75 Å². The van der Waals surface area contributed by atoms with Crippen molar-refractivity contribution in [2.45, 2.75) is 32.2 Å². The second-order valence-electron chi connectivity index (χ2n) is 7.16. The van der Waals surface area contributed by atoms with Crippen LogP contribution in [0.3, 0.4) is 0 Å².